The first-order chi connectivity index (χ1) is 10.8. The van der Waals surface area contributed by atoms with Gasteiger partial charge < -0.3 is 4.74 Å². The fourth-order valence-corrected chi connectivity index (χ4v) is 2.79. The Morgan fingerprint density at radius 2 is 1.91 bits per heavy atom. The molecule has 0 aliphatic heterocycles. The molecule has 1 aliphatic rings. The number of benzene rings is 1. The summed E-state index contributed by atoms with van der Waals surface area (Å²) in [5.41, 5.74) is 1.46. The zero-order valence-corrected chi connectivity index (χ0v) is 14.5. The van der Waals surface area contributed by atoms with Crippen LogP contribution in [0.5, 0.6) is 0 Å². The van der Waals surface area contributed by atoms with E-state index in [2.05, 4.69) is 0 Å². The van der Waals surface area contributed by atoms with E-state index in [9.17, 15) is 9.59 Å². The molecule has 0 N–H and O–H groups in total. The van der Waals surface area contributed by atoms with Gasteiger partial charge in [0.25, 0.3) is 0 Å². The summed E-state index contributed by atoms with van der Waals surface area (Å²) in [6.45, 7) is 7.54. The first-order valence-corrected chi connectivity index (χ1v) is 8.27. The topological polar surface area (TPSA) is 43.4 Å². The normalized spacial score (nSPS) is 19.9. The minimum absolute atomic E-state index is 0.0507. The van der Waals surface area contributed by atoms with E-state index >= 15 is 0 Å². The van der Waals surface area contributed by atoms with E-state index in [1.807, 2.05) is 58.0 Å². The van der Waals surface area contributed by atoms with Crippen LogP contribution in [0.3, 0.4) is 0 Å². The molecule has 3 heteroatoms. The molecule has 0 aromatic heterocycles. The molecule has 0 saturated carbocycles. The second-order valence-corrected chi connectivity index (χ2v) is 7.34. The van der Waals surface area contributed by atoms with Gasteiger partial charge in [0.2, 0.25) is 0 Å². The summed E-state index contributed by atoms with van der Waals surface area (Å²) in [4.78, 5) is 24.7. The van der Waals surface area contributed by atoms with Crippen LogP contribution in [0.1, 0.15) is 46.1 Å². The van der Waals surface area contributed by atoms with E-state index in [4.69, 9.17) is 4.74 Å². The third-order valence-corrected chi connectivity index (χ3v) is 4.10. The molecule has 0 heterocycles. The molecule has 23 heavy (non-hydrogen) atoms. The molecule has 0 fully saturated rings. The highest BCUT2D eigenvalue weighted by molar-refractivity contribution is 5.94. The van der Waals surface area contributed by atoms with E-state index in [1.54, 1.807) is 6.08 Å². The van der Waals surface area contributed by atoms with Crippen LogP contribution in [-0.2, 0) is 20.7 Å². The third kappa shape index (κ3) is 5.05. The van der Waals surface area contributed by atoms with E-state index < -0.39 is 5.60 Å². The van der Waals surface area contributed by atoms with Crippen LogP contribution in [-0.4, -0.2) is 17.4 Å². The minimum atomic E-state index is -0.529. The lowest BCUT2D eigenvalue weighted by molar-refractivity contribution is -0.158. The molecule has 1 aliphatic carbocycles. The Kier molecular flexibility index (Phi) is 5.40. The summed E-state index contributed by atoms with van der Waals surface area (Å²) >= 11 is 0. The monoisotopic (exact) mass is 314 g/mol. The summed E-state index contributed by atoms with van der Waals surface area (Å²) < 4.78 is 5.60. The van der Waals surface area contributed by atoms with Crippen LogP contribution in [0, 0.1) is 11.8 Å². The van der Waals surface area contributed by atoms with Gasteiger partial charge in [0.1, 0.15) is 5.60 Å². The number of ketones is 1. The Bertz CT molecular complexity index is 593. The molecular formula is C20H26O3. The Hall–Kier alpha value is -1.90. The molecule has 0 bridgehead atoms. The SMILES string of the molecule is CC1CCC(C(Cc2ccccc2)C(=O)OC(C)(C)C)=CC1=O. The van der Waals surface area contributed by atoms with Gasteiger partial charge in [0.15, 0.2) is 5.78 Å². The first kappa shape index (κ1) is 17.5. The highest BCUT2D eigenvalue weighted by Gasteiger charge is 2.31. The largest absolute Gasteiger partial charge is 0.459 e. The van der Waals surface area contributed by atoms with Crippen molar-refractivity contribution >= 4 is 11.8 Å². The van der Waals surface area contributed by atoms with Crippen molar-refractivity contribution in [3.05, 3.63) is 47.5 Å². The lowest BCUT2D eigenvalue weighted by Gasteiger charge is -2.27. The molecule has 124 valence electrons. The summed E-state index contributed by atoms with van der Waals surface area (Å²) in [7, 11) is 0. The number of hydrogen-bond donors (Lipinski definition) is 0. The number of carbonyl (C=O) groups is 2. The second kappa shape index (κ2) is 7.12. The molecule has 3 nitrogen and oxygen atoms in total. The first-order valence-electron chi connectivity index (χ1n) is 8.27. The molecule has 2 unspecified atom stereocenters. The predicted octanol–water partition coefficient (Wildman–Crippen LogP) is 4.11. The Labute approximate surface area is 138 Å². The van der Waals surface area contributed by atoms with Gasteiger partial charge in [-0.3, -0.25) is 9.59 Å². The van der Waals surface area contributed by atoms with Crippen molar-refractivity contribution < 1.29 is 14.3 Å². The van der Waals surface area contributed by atoms with Gasteiger partial charge in [-0.15, -0.1) is 0 Å². The maximum absolute atomic E-state index is 12.7. The molecular weight excluding hydrogens is 288 g/mol. The quantitative estimate of drug-likeness (QED) is 0.785. The van der Waals surface area contributed by atoms with Crippen molar-refractivity contribution in [3.8, 4) is 0 Å². The van der Waals surface area contributed by atoms with Crippen LogP contribution in [0.25, 0.3) is 0 Å². The van der Waals surface area contributed by atoms with Crippen molar-refractivity contribution in [2.45, 2.75) is 52.6 Å². The Morgan fingerprint density at radius 3 is 2.48 bits per heavy atom. The zero-order chi connectivity index (χ0) is 17.0. The van der Waals surface area contributed by atoms with Gasteiger partial charge in [0.05, 0.1) is 5.92 Å². The summed E-state index contributed by atoms with van der Waals surface area (Å²) in [5, 5.41) is 0. The number of ether oxygens (including phenoxy) is 1. The average molecular weight is 314 g/mol. The highest BCUT2D eigenvalue weighted by Crippen LogP contribution is 2.30. The molecule has 1 aromatic rings. The Balaban J connectivity index is 2.26. The van der Waals surface area contributed by atoms with Gasteiger partial charge >= 0.3 is 5.97 Å². The van der Waals surface area contributed by atoms with Gasteiger partial charge in [-0.1, -0.05) is 42.8 Å². The molecule has 0 saturated heterocycles. The maximum Gasteiger partial charge on any atom is 0.313 e. The van der Waals surface area contributed by atoms with E-state index in [1.165, 1.54) is 0 Å². The fourth-order valence-electron chi connectivity index (χ4n) is 2.79. The number of carbonyl (C=O) groups excluding carboxylic acids is 2. The molecule has 0 amide bonds. The standard InChI is InChI=1S/C20H26O3/c1-14-10-11-16(13-18(14)21)17(19(22)23-20(2,3)4)12-15-8-6-5-7-9-15/h5-9,13-14,17H,10-12H2,1-4H3. The summed E-state index contributed by atoms with van der Waals surface area (Å²) in [5.74, 6) is -0.453. The molecule has 2 atom stereocenters. The highest BCUT2D eigenvalue weighted by atomic mass is 16.6. The van der Waals surface area contributed by atoms with Gasteiger partial charge in [-0.25, -0.2) is 0 Å². The van der Waals surface area contributed by atoms with Crippen LogP contribution in [0.15, 0.2) is 42.0 Å². The van der Waals surface area contributed by atoms with Crippen molar-refractivity contribution in [2.75, 3.05) is 0 Å². The van der Waals surface area contributed by atoms with Gasteiger partial charge in [0, 0.05) is 5.92 Å². The van der Waals surface area contributed by atoms with E-state index in [0.29, 0.717) is 6.42 Å². The number of allylic oxidation sites excluding steroid dienone is 1. The van der Waals surface area contributed by atoms with Crippen molar-refractivity contribution in [1.29, 1.82) is 0 Å². The van der Waals surface area contributed by atoms with Crippen LogP contribution < -0.4 is 0 Å². The third-order valence-electron chi connectivity index (χ3n) is 4.10. The molecule has 0 spiro atoms. The van der Waals surface area contributed by atoms with Crippen molar-refractivity contribution in [1.82, 2.24) is 0 Å². The smallest absolute Gasteiger partial charge is 0.313 e. The predicted molar refractivity (Wildman–Crippen MR) is 91.0 cm³/mol. The minimum Gasteiger partial charge on any atom is -0.459 e. The van der Waals surface area contributed by atoms with Gasteiger partial charge in [-0.05, 0) is 51.7 Å². The maximum atomic E-state index is 12.7. The number of hydrogen-bond acceptors (Lipinski definition) is 3. The fraction of sp³-hybridized carbons (Fsp3) is 0.500. The van der Waals surface area contributed by atoms with E-state index in [-0.39, 0.29) is 23.6 Å². The molecule has 1 aromatic carbocycles. The molecule has 0 radical (unpaired) electrons. The summed E-state index contributed by atoms with van der Waals surface area (Å²) in [6.07, 6.45) is 3.83. The second-order valence-electron chi connectivity index (χ2n) is 7.34. The lowest BCUT2D eigenvalue weighted by Crippen LogP contribution is -2.32. The van der Waals surface area contributed by atoms with Gasteiger partial charge in [-0.2, -0.15) is 0 Å². The van der Waals surface area contributed by atoms with Crippen LogP contribution >= 0.6 is 0 Å². The van der Waals surface area contributed by atoms with Crippen LogP contribution in [0.4, 0.5) is 0 Å². The lowest BCUT2D eigenvalue weighted by atomic mass is 9.81. The number of esters is 1. The molecule has 2 rings (SSSR count). The van der Waals surface area contributed by atoms with Crippen molar-refractivity contribution in [2.24, 2.45) is 11.8 Å². The number of rotatable bonds is 4. The van der Waals surface area contributed by atoms with Crippen LogP contribution in [0.2, 0.25) is 0 Å². The van der Waals surface area contributed by atoms with Crippen molar-refractivity contribution in [3.63, 3.8) is 0 Å². The zero-order valence-electron chi connectivity index (χ0n) is 14.5. The Morgan fingerprint density at radius 1 is 1.26 bits per heavy atom. The summed E-state index contributed by atoms with van der Waals surface area (Å²) in [6, 6.07) is 9.89. The van der Waals surface area contributed by atoms with E-state index in [0.717, 1.165) is 24.0 Å². The average Bonchev–Trinajstić information content (AvgIpc) is 2.47.